The summed E-state index contributed by atoms with van der Waals surface area (Å²) < 4.78 is 5.15. The van der Waals surface area contributed by atoms with Crippen molar-refractivity contribution in [3.63, 3.8) is 0 Å². The van der Waals surface area contributed by atoms with E-state index in [4.69, 9.17) is 16.3 Å². The Morgan fingerprint density at radius 1 is 1.38 bits per heavy atom. The van der Waals surface area contributed by atoms with Gasteiger partial charge in [-0.3, -0.25) is 4.79 Å². The average molecular weight is 310 g/mol. The second-order valence-corrected chi connectivity index (χ2v) is 6.19. The molecule has 1 aromatic rings. The second kappa shape index (κ2) is 7.81. The average Bonchev–Trinajstić information content (AvgIpc) is 2.48. The maximum atomic E-state index is 11.9. The zero-order valence-electron chi connectivity index (χ0n) is 12.8. The standard InChI is InChI=1S/C17H24ClNO2/c1-3-21-17(20)14-5-4-6-16(11-14)19-12(2)13-7-9-15(18)10-8-13/h7-10,12,14,16,19H,3-6,11H2,1-2H3/t12-,14?,16?/m0/s1. The van der Waals surface area contributed by atoms with Crippen molar-refractivity contribution in [3.8, 4) is 0 Å². The molecule has 1 fully saturated rings. The number of halogens is 1. The Balaban J connectivity index is 1.89. The normalized spacial score (nSPS) is 23.6. The lowest BCUT2D eigenvalue weighted by molar-refractivity contribution is -0.149. The van der Waals surface area contributed by atoms with Gasteiger partial charge < -0.3 is 10.1 Å². The summed E-state index contributed by atoms with van der Waals surface area (Å²) in [7, 11) is 0. The maximum absolute atomic E-state index is 11.9. The Hall–Kier alpha value is -1.06. The van der Waals surface area contributed by atoms with Crippen LogP contribution in [0.4, 0.5) is 0 Å². The largest absolute Gasteiger partial charge is 0.466 e. The van der Waals surface area contributed by atoms with E-state index in [0.717, 1.165) is 30.7 Å². The molecular formula is C17H24ClNO2. The summed E-state index contributed by atoms with van der Waals surface area (Å²) in [5.74, 6) is 0.0109. The van der Waals surface area contributed by atoms with Crippen molar-refractivity contribution >= 4 is 17.6 Å². The van der Waals surface area contributed by atoms with Crippen LogP contribution in [0.2, 0.25) is 5.02 Å². The van der Waals surface area contributed by atoms with E-state index in [9.17, 15) is 4.79 Å². The fourth-order valence-electron chi connectivity index (χ4n) is 3.02. The maximum Gasteiger partial charge on any atom is 0.308 e. The highest BCUT2D eigenvalue weighted by Crippen LogP contribution is 2.27. The molecule has 2 unspecified atom stereocenters. The van der Waals surface area contributed by atoms with Gasteiger partial charge in [0.1, 0.15) is 0 Å². The molecule has 0 bridgehead atoms. The predicted octanol–water partition coefficient (Wildman–Crippen LogP) is 4.11. The van der Waals surface area contributed by atoms with Crippen LogP contribution in [0.1, 0.15) is 51.1 Å². The van der Waals surface area contributed by atoms with E-state index in [1.807, 2.05) is 31.2 Å². The lowest BCUT2D eigenvalue weighted by atomic mass is 9.85. The molecule has 116 valence electrons. The molecule has 1 N–H and O–H groups in total. The molecule has 1 saturated carbocycles. The lowest BCUT2D eigenvalue weighted by Gasteiger charge is -2.31. The van der Waals surface area contributed by atoms with Crippen LogP contribution in [-0.2, 0) is 9.53 Å². The molecule has 0 aliphatic heterocycles. The summed E-state index contributed by atoms with van der Waals surface area (Å²) in [5, 5.41) is 4.39. The molecule has 0 aromatic heterocycles. The van der Waals surface area contributed by atoms with Crippen molar-refractivity contribution in [1.29, 1.82) is 0 Å². The van der Waals surface area contributed by atoms with E-state index >= 15 is 0 Å². The van der Waals surface area contributed by atoms with Crippen LogP contribution in [-0.4, -0.2) is 18.6 Å². The fourth-order valence-corrected chi connectivity index (χ4v) is 3.14. The highest BCUT2D eigenvalue weighted by molar-refractivity contribution is 6.30. The summed E-state index contributed by atoms with van der Waals surface area (Å²) >= 11 is 5.92. The van der Waals surface area contributed by atoms with Gasteiger partial charge in [0.25, 0.3) is 0 Å². The van der Waals surface area contributed by atoms with Gasteiger partial charge in [-0.05, 0) is 50.8 Å². The molecular weight excluding hydrogens is 286 g/mol. The molecule has 1 aliphatic carbocycles. The van der Waals surface area contributed by atoms with Crippen LogP contribution in [0.25, 0.3) is 0 Å². The number of hydrogen-bond acceptors (Lipinski definition) is 3. The zero-order valence-corrected chi connectivity index (χ0v) is 13.5. The first kappa shape index (κ1) is 16.3. The SMILES string of the molecule is CCOC(=O)C1CCCC(N[C@@H](C)c2ccc(Cl)cc2)C1. The van der Waals surface area contributed by atoms with Gasteiger partial charge in [-0.25, -0.2) is 0 Å². The van der Waals surface area contributed by atoms with E-state index in [0.29, 0.717) is 12.6 Å². The minimum atomic E-state index is -0.0388. The molecule has 1 aliphatic rings. The Morgan fingerprint density at radius 2 is 2.10 bits per heavy atom. The quantitative estimate of drug-likeness (QED) is 0.832. The van der Waals surface area contributed by atoms with Crippen molar-refractivity contribution in [2.24, 2.45) is 5.92 Å². The summed E-state index contributed by atoms with van der Waals surface area (Å²) in [5.41, 5.74) is 1.22. The summed E-state index contributed by atoms with van der Waals surface area (Å²) in [6.07, 6.45) is 4.02. The van der Waals surface area contributed by atoms with Crippen LogP contribution in [0.15, 0.2) is 24.3 Å². The van der Waals surface area contributed by atoms with Gasteiger partial charge in [0.2, 0.25) is 0 Å². The number of carbonyl (C=O) groups excluding carboxylic acids is 1. The van der Waals surface area contributed by atoms with Crippen LogP contribution >= 0.6 is 11.6 Å². The minimum Gasteiger partial charge on any atom is -0.466 e. The van der Waals surface area contributed by atoms with Crippen molar-refractivity contribution in [1.82, 2.24) is 5.32 Å². The van der Waals surface area contributed by atoms with E-state index in [2.05, 4.69) is 12.2 Å². The molecule has 21 heavy (non-hydrogen) atoms. The first-order valence-corrected chi connectivity index (χ1v) is 8.16. The van der Waals surface area contributed by atoms with E-state index in [-0.39, 0.29) is 17.9 Å². The zero-order chi connectivity index (χ0) is 15.2. The number of hydrogen-bond donors (Lipinski definition) is 1. The van der Waals surface area contributed by atoms with E-state index in [1.54, 1.807) is 0 Å². The van der Waals surface area contributed by atoms with Crippen molar-refractivity contribution in [2.75, 3.05) is 6.61 Å². The molecule has 3 nitrogen and oxygen atoms in total. The van der Waals surface area contributed by atoms with Gasteiger partial charge in [-0.2, -0.15) is 0 Å². The minimum absolute atomic E-state index is 0.0388. The Kier molecular flexibility index (Phi) is 6.07. The topological polar surface area (TPSA) is 38.3 Å². The van der Waals surface area contributed by atoms with Gasteiger partial charge in [0.15, 0.2) is 0 Å². The molecule has 0 spiro atoms. The third kappa shape index (κ3) is 4.72. The third-order valence-electron chi connectivity index (χ3n) is 4.15. The second-order valence-electron chi connectivity index (χ2n) is 5.75. The van der Waals surface area contributed by atoms with Crippen LogP contribution in [0.5, 0.6) is 0 Å². The highest BCUT2D eigenvalue weighted by Gasteiger charge is 2.28. The van der Waals surface area contributed by atoms with Crippen LogP contribution in [0.3, 0.4) is 0 Å². The van der Waals surface area contributed by atoms with Crippen molar-refractivity contribution in [2.45, 2.75) is 51.6 Å². The van der Waals surface area contributed by atoms with Crippen molar-refractivity contribution < 1.29 is 9.53 Å². The third-order valence-corrected chi connectivity index (χ3v) is 4.40. The number of ether oxygens (including phenoxy) is 1. The molecule has 0 heterocycles. The summed E-state index contributed by atoms with van der Waals surface area (Å²) in [6.45, 7) is 4.48. The van der Waals surface area contributed by atoms with E-state index < -0.39 is 0 Å². The molecule has 0 amide bonds. The number of esters is 1. The molecule has 4 heteroatoms. The van der Waals surface area contributed by atoms with E-state index in [1.165, 1.54) is 5.56 Å². The van der Waals surface area contributed by atoms with Gasteiger partial charge >= 0.3 is 5.97 Å². The molecule has 1 aromatic carbocycles. The van der Waals surface area contributed by atoms with Crippen LogP contribution in [0, 0.1) is 5.92 Å². The molecule has 0 radical (unpaired) electrons. The number of rotatable bonds is 5. The monoisotopic (exact) mass is 309 g/mol. The smallest absolute Gasteiger partial charge is 0.308 e. The molecule has 3 atom stereocenters. The van der Waals surface area contributed by atoms with Crippen LogP contribution < -0.4 is 5.32 Å². The first-order chi connectivity index (χ1) is 10.1. The Bertz CT molecular complexity index is 460. The lowest BCUT2D eigenvalue weighted by Crippen LogP contribution is -2.38. The van der Waals surface area contributed by atoms with Gasteiger partial charge in [0.05, 0.1) is 12.5 Å². The predicted molar refractivity (Wildman–Crippen MR) is 85.4 cm³/mol. The summed E-state index contributed by atoms with van der Waals surface area (Å²) in [4.78, 5) is 11.9. The fraction of sp³-hybridized carbons (Fsp3) is 0.588. The van der Waals surface area contributed by atoms with Gasteiger partial charge in [-0.15, -0.1) is 0 Å². The number of benzene rings is 1. The van der Waals surface area contributed by atoms with Gasteiger partial charge in [0, 0.05) is 17.1 Å². The highest BCUT2D eigenvalue weighted by atomic mass is 35.5. The Morgan fingerprint density at radius 3 is 2.76 bits per heavy atom. The number of nitrogens with one attached hydrogen (secondary N) is 1. The Labute approximate surface area is 132 Å². The summed E-state index contributed by atoms with van der Waals surface area (Å²) in [6, 6.07) is 8.55. The molecule has 0 saturated heterocycles. The first-order valence-electron chi connectivity index (χ1n) is 7.78. The molecule has 2 rings (SSSR count). The number of carbonyl (C=O) groups is 1. The van der Waals surface area contributed by atoms with Crippen molar-refractivity contribution in [3.05, 3.63) is 34.9 Å². The van der Waals surface area contributed by atoms with Gasteiger partial charge in [-0.1, -0.05) is 30.2 Å².